The van der Waals surface area contributed by atoms with Gasteiger partial charge in [0.25, 0.3) is 0 Å². The third-order valence-electron chi connectivity index (χ3n) is 2.87. The first-order valence-electron chi connectivity index (χ1n) is 4.44. The summed E-state index contributed by atoms with van der Waals surface area (Å²) in [6.07, 6.45) is 7.19. The maximum absolute atomic E-state index is 11.7. The Kier molecular flexibility index (Phi) is 2.10. The van der Waals surface area contributed by atoms with E-state index in [1.807, 2.05) is 13.0 Å². The standard InChI is InChI=1S/C10H10BrNO2/c1-6(11)10-5-3-2-4-7(10)8(13)12-9(10)14/h2-7H,1H3,(H,12,13,14). The van der Waals surface area contributed by atoms with Crippen LogP contribution in [0.1, 0.15) is 6.92 Å². The fourth-order valence-electron chi connectivity index (χ4n) is 2.03. The van der Waals surface area contributed by atoms with Gasteiger partial charge in [-0.2, -0.15) is 0 Å². The predicted octanol–water partition coefficient (Wildman–Crippen LogP) is 1.15. The van der Waals surface area contributed by atoms with E-state index >= 15 is 0 Å². The highest BCUT2D eigenvalue weighted by Crippen LogP contribution is 2.44. The fourth-order valence-corrected chi connectivity index (χ4v) is 2.68. The number of hydrogen-bond donors (Lipinski definition) is 1. The highest BCUT2D eigenvalue weighted by Gasteiger charge is 2.55. The second-order valence-corrected chi connectivity index (χ2v) is 4.96. The van der Waals surface area contributed by atoms with Crippen LogP contribution in [0, 0.1) is 11.3 Å². The number of rotatable bonds is 1. The smallest absolute Gasteiger partial charge is 0.238 e. The van der Waals surface area contributed by atoms with Crippen molar-refractivity contribution in [2.24, 2.45) is 11.3 Å². The minimum absolute atomic E-state index is 0.0624. The molecule has 2 amide bonds. The molecule has 14 heavy (non-hydrogen) atoms. The van der Waals surface area contributed by atoms with Crippen molar-refractivity contribution in [2.75, 3.05) is 0 Å². The lowest BCUT2D eigenvalue weighted by Gasteiger charge is -2.30. The van der Waals surface area contributed by atoms with Gasteiger partial charge in [-0.3, -0.25) is 14.9 Å². The lowest BCUT2D eigenvalue weighted by atomic mass is 9.72. The molecule has 0 saturated carbocycles. The van der Waals surface area contributed by atoms with Crippen molar-refractivity contribution in [1.29, 1.82) is 0 Å². The number of alkyl halides is 1. The molecule has 1 fully saturated rings. The predicted molar refractivity (Wildman–Crippen MR) is 55.7 cm³/mol. The van der Waals surface area contributed by atoms with Gasteiger partial charge >= 0.3 is 0 Å². The van der Waals surface area contributed by atoms with Crippen molar-refractivity contribution >= 4 is 27.7 Å². The highest BCUT2D eigenvalue weighted by atomic mass is 79.9. The molecular formula is C10H10BrNO2. The third-order valence-corrected chi connectivity index (χ3v) is 3.63. The number of allylic oxidation sites excluding steroid dienone is 2. The summed E-state index contributed by atoms with van der Waals surface area (Å²) < 4.78 is 0. The molecule has 0 radical (unpaired) electrons. The van der Waals surface area contributed by atoms with Crippen LogP contribution in [-0.4, -0.2) is 16.6 Å². The SMILES string of the molecule is CC(Br)C12C=CC=CC1C(=O)NC2=O. The van der Waals surface area contributed by atoms with Crippen LogP contribution in [0.3, 0.4) is 0 Å². The van der Waals surface area contributed by atoms with Crippen LogP contribution in [0.25, 0.3) is 0 Å². The van der Waals surface area contributed by atoms with E-state index in [-0.39, 0.29) is 22.6 Å². The second-order valence-electron chi connectivity index (χ2n) is 3.59. The van der Waals surface area contributed by atoms with Crippen LogP contribution in [0.2, 0.25) is 0 Å². The molecule has 4 heteroatoms. The first-order valence-corrected chi connectivity index (χ1v) is 5.36. The van der Waals surface area contributed by atoms with E-state index < -0.39 is 5.41 Å². The van der Waals surface area contributed by atoms with E-state index in [0.29, 0.717) is 0 Å². The fraction of sp³-hybridized carbons (Fsp3) is 0.400. The van der Waals surface area contributed by atoms with Crippen LogP contribution >= 0.6 is 15.9 Å². The molecular weight excluding hydrogens is 246 g/mol. The normalized spacial score (nSPS) is 36.9. The van der Waals surface area contributed by atoms with Gasteiger partial charge in [-0.1, -0.05) is 47.2 Å². The summed E-state index contributed by atoms with van der Waals surface area (Å²) in [5, 5.41) is 2.37. The zero-order chi connectivity index (χ0) is 10.3. The average Bonchev–Trinajstić information content (AvgIpc) is 2.41. The number of carbonyl (C=O) groups excluding carboxylic acids is 2. The summed E-state index contributed by atoms with van der Waals surface area (Å²) in [7, 11) is 0. The van der Waals surface area contributed by atoms with E-state index in [9.17, 15) is 9.59 Å². The second kappa shape index (κ2) is 3.05. The molecule has 1 heterocycles. The molecule has 1 saturated heterocycles. The zero-order valence-corrected chi connectivity index (χ0v) is 9.24. The van der Waals surface area contributed by atoms with Gasteiger partial charge < -0.3 is 0 Å². The van der Waals surface area contributed by atoms with Crippen molar-refractivity contribution in [2.45, 2.75) is 11.8 Å². The monoisotopic (exact) mass is 255 g/mol. The maximum atomic E-state index is 11.7. The van der Waals surface area contributed by atoms with E-state index in [0.717, 1.165) is 0 Å². The first kappa shape index (κ1) is 9.65. The van der Waals surface area contributed by atoms with Gasteiger partial charge in [-0.15, -0.1) is 0 Å². The molecule has 2 aliphatic rings. The van der Waals surface area contributed by atoms with Crippen LogP contribution in [0.15, 0.2) is 24.3 Å². The molecule has 0 spiro atoms. The summed E-state index contributed by atoms with van der Waals surface area (Å²) in [6, 6.07) is 0. The molecule has 0 aromatic carbocycles. The molecule has 3 unspecified atom stereocenters. The third kappa shape index (κ3) is 1.03. The maximum Gasteiger partial charge on any atom is 0.238 e. The Morgan fingerprint density at radius 2 is 2.21 bits per heavy atom. The molecule has 0 aromatic heterocycles. The summed E-state index contributed by atoms with van der Waals surface area (Å²) in [5.41, 5.74) is -0.730. The van der Waals surface area contributed by atoms with E-state index in [1.54, 1.807) is 18.2 Å². The number of nitrogens with one attached hydrogen (secondary N) is 1. The molecule has 3 atom stereocenters. The van der Waals surface area contributed by atoms with Gasteiger partial charge in [0.05, 0.1) is 11.3 Å². The van der Waals surface area contributed by atoms with Gasteiger partial charge in [0.2, 0.25) is 11.8 Å². The molecule has 1 N–H and O–H groups in total. The van der Waals surface area contributed by atoms with Crippen LogP contribution in [-0.2, 0) is 9.59 Å². The average molecular weight is 256 g/mol. The van der Waals surface area contributed by atoms with Crippen molar-refractivity contribution in [3.8, 4) is 0 Å². The number of imide groups is 1. The Labute approximate surface area is 90.4 Å². The largest absolute Gasteiger partial charge is 0.295 e. The number of halogens is 1. The molecule has 0 aromatic rings. The Balaban J connectivity index is 2.53. The Bertz CT molecular complexity index is 359. The Hall–Kier alpha value is -0.900. The number of fused-ring (bicyclic) bond motifs is 1. The lowest BCUT2D eigenvalue weighted by molar-refractivity contribution is -0.127. The Morgan fingerprint density at radius 3 is 2.79 bits per heavy atom. The molecule has 74 valence electrons. The quantitative estimate of drug-likeness (QED) is 0.565. The summed E-state index contributed by atoms with van der Waals surface area (Å²) in [6.45, 7) is 1.88. The highest BCUT2D eigenvalue weighted by molar-refractivity contribution is 9.09. The molecule has 1 aliphatic heterocycles. The first-order chi connectivity index (χ1) is 6.59. The van der Waals surface area contributed by atoms with Gasteiger partial charge in [0, 0.05) is 4.83 Å². The van der Waals surface area contributed by atoms with Gasteiger partial charge in [0.15, 0.2) is 0 Å². The van der Waals surface area contributed by atoms with Crippen molar-refractivity contribution in [3.63, 3.8) is 0 Å². The van der Waals surface area contributed by atoms with E-state index in [4.69, 9.17) is 0 Å². The zero-order valence-electron chi connectivity index (χ0n) is 7.66. The van der Waals surface area contributed by atoms with Crippen LogP contribution < -0.4 is 5.32 Å². The van der Waals surface area contributed by atoms with Gasteiger partial charge in [0.1, 0.15) is 0 Å². The van der Waals surface area contributed by atoms with Gasteiger partial charge in [-0.05, 0) is 0 Å². The van der Waals surface area contributed by atoms with Crippen molar-refractivity contribution in [1.82, 2.24) is 5.32 Å². The topological polar surface area (TPSA) is 46.2 Å². The summed E-state index contributed by atoms with van der Waals surface area (Å²) >= 11 is 3.40. The molecule has 2 rings (SSSR count). The van der Waals surface area contributed by atoms with Crippen LogP contribution in [0.4, 0.5) is 0 Å². The Morgan fingerprint density at radius 1 is 1.50 bits per heavy atom. The molecule has 3 nitrogen and oxygen atoms in total. The summed E-state index contributed by atoms with van der Waals surface area (Å²) in [5.74, 6) is -0.784. The molecule has 0 bridgehead atoms. The molecule has 1 aliphatic carbocycles. The van der Waals surface area contributed by atoms with Crippen molar-refractivity contribution in [3.05, 3.63) is 24.3 Å². The minimum Gasteiger partial charge on any atom is -0.295 e. The number of hydrogen-bond acceptors (Lipinski definition) is 2. The van der Waals surface area contributed by atoms with E-state index in [2.05, 4.69) is 21.2 Å². The number of carbonyl (C=O) groups is 2. The van der Waals surface area contributed by atoms with Gasteiger partial charge in [-0.25, -0.2) is 0 Å². The summed E-state index contributed by atoms with van der Waals surface area (Å²) in [4.78, 5) is 23.2. The minimum atomic E-state index is -0.730. The van der Waals surface area contributed by atoms with Crippen LogP contribution in [0.5, 0.6) is 0 Å². The lowest BCUT2D eigenvalue weighted by Crippen LogP contribution is -2.40. The van der Waals surface area contributed by atoms with E-state index in [1.165, 1.54) is 0 Å². The van der Waals surface area contributed by atoms with Crippen molar-refractivity contribution < 1.29 is 9.59 Å². The number of amides is 2.